The summed E-state index contributed by atoms with van der Waals surface area (Å²) in [7, 11) is -2.48. The first-order chi connectivity index (χ1) is 14.7. The molecule has 11 heteroatoms. The van der Waals surface area contributed by atoms with Gasteiger partial charge in [0.15, 0.2) is 0 Å². The van der Waals surface area contributed by atoms with E-state index < -0.39 is 21.9 Å². The van der Waals surface area contributed by atoms with Crippen LogP contribution in [0.3, 0.4) is 0 Å². The topological polar surface area (TPSA) is 143 Å². The van der Waals surface area contributed by atoms with Gasteiger partial charge in [0.25, 0.3) is 21.9 Å². The van der Waals surface area contributed by atoms with Gasteiger partial charge in [-0.15, -0.1) is 0 Å². The van der Waals surface area contributed by atoms with Crippen molar-refractivity contribution >= 4 is 27.6 Å². The Kier molecular flexibility index (Phi) is 8.17. The zero-order valence-electron chi connectivity index (χ0n) is 18.1. The molecule has 1 heterocycles. The zero-order valence-corrected chi connectivity index (χ0v) is 18.9. The maximum atomic E-state index is 13.2. The van der Waals surface area contributed by atoms with E-state index in [0.717, 1.165) is 6.42 Å². The summed E-state index contributed by atoms with van der Waals surface area (Å²) in [6.45, 7) is 5.67. The van der Waals surface area contributed by atoms with Gasteiger partial charge in [0.2, 0.25) is 0 Å². The van der Waals surface area contributed by atoms with E-state index >= 15 is 0 Å². The Morgan fingerprint density at radius 2 is 1.90 bits per heavy atom. The fourth-order valence-electron chi connectivity index (χ4n) is 2.99. The Morgan fingerprint density at radius 1 is 1.19 bits per heavy atom. The molecule has 0 spiro atoms. The summed E-state index contributed by atoms with van der Waals surface area (Å²) in [6, 6.07) is 3.90. The molecule has 2 aromatic rings. The second kappa shape index (κ2) is 10.4. The standard InChI is InChI=1S/C20H28N4O6S/c1-5-8-15-17(18(19(21)25)24(4)23-15)22-20(26)14-12-13(31(27,28)30-7-3)9-10-16(14)29-11-6-2/h9-10,12H,5-8,11H2,1-4H3,(H2,21,25)(H,22,26). The van der Waals surface area contributed by atoms with Gasteiger partial charge in [-0.1, -0.05) is 20.3 Å². The maximum absolute atomic E-state index is 13.2. The van der Waals surface area contributed by atoms with Gasteiger partial charge in [-0.2, -0.15) is 13.5 Å². The normalized spacial score (nSPS) is 11.4. The van der Waals surface area contributed by atoms with Gasteiger partial charge in [-0.3, -0.25) is 18.5 Å². The van der Waals surface area contributed by atoms with Crippen LogP contribution in [0.4, 0.5) is 5.69 Å². The molecule has 10 nitrogen and oxygen atoms in total. The lowest BCUT2D eigenvalue weighted by molar-refractivity contribution is 0.0992. The van der Waals surface area contributed by atoms with E-state index in [9.17, 15) is 18.0 Å². The molecule has 0 saturated heterocycles. The minimum atomic E-state index is -4.04. The monoisotopic (exact) mass is 452 g/mol. The molecule has 0 bridgehead atoms. The number of primary amides is 1. The fourth-order valence-corrected chi connectivity index (χ4v) is 3.93. The molecule has 0 atom stereocenters. The Balaban J connectivity index is 2.54. The average molecular weight is 453 g/mol. The predicted octanol–water partition coefficient (Wildman–Crippen LogP) is 2.24. The van der Waals surface area contributed by atoms with Gasteiger partial charge in [0, 0.05) is 7.05 Å². The lowest BCUT2D eigenvalue weighted by Gasteiger charge is -2.14. The van der Waals surface area contributed by atoms with Gasteiger partial charge >= 0.3 is 0 Å². The van der Waals surface area contributed by atoms with E-state index in [4.69, 9.17) is 14.7 Å². The summed E-state index contributed by atoms with van der Waals surface area (Å²) in [5, 5.41) is 6.95. The lowest BCUT2D eigenvalue weighted by Crippen LogP contribution is -2.21. The maximum Gasteiger partial charge on any atom is 0.296 e. The largest absolute Gasteiger partial charge is 0.493 e. The first-order valence-corrected chi connectivity index (χ1v) is 11.4. The van der Waals surface area contributed by atoms with Crippen LogP contribution in [0.2, 0.25) is 0 Å². The van der Waals surface area contributed by atoms with Crippen LogP contribution < -0.4 is 15.8 Å². The number of rotatable bonds is 11. The van der Waals surface area contributed by atoms with E-state index in [1.54, 1.807) is 14.0 Å². The number of hydrogen-bond acceptors (Lipinski definition) is 7. The highest BCUT2D eigenvalue weighted by Crippen LogP contribution is 2.27. The van der Waals surface area contributed by atoms with Crippen molar-refractivity contribution < 1.29 is 26.9 Å². The van der Waals surface area contributed by atoms with E-state index in [1.807, 2.05) is 13.8 Å². The number of benzene rings is 1. The SMILES string of the molecule is CCCOc1ccc(S(=O)(=O)OCC)cc1C(=O)Nc1c(CCC)nn(C)c1C(N)=O. The van der Waals surface area contributed by atoms with E-state index in [0.29, 0.717) is 25.1 Å². The molecule has 0 aliphatic heterocycles. The average Bonchev–Trinajstić information content (AvgIpc) is 3.01. The summed E-state index contributed by atoms with van der Waals surface area (Å²) >= 11 is 0. The third-order valence-electron chi connectivity index (χ3n) is 4.30. The van der Waals surface area contributed by atoms with Gasteiger partial charge in [0.1, 0.15) is 11.4 Å². The highest BCUT2D eigenvalue weighted by atomic mass is 32.2. The molecule has 0 aliphatic carbocycles. The number of amides is 2. The number of anilines is 1. The van der Waals surface area contributed by atoms with Crippen LogP contribution >= 0.6 is 0 Å². The molecule has 0 unspecified atom stereocenters. The number of carbonyl (C=O) groups is 2. The Hall–Kier alpha value is -2.92. The van der Waals surface area contributed by atoms with Crippen molar-refractivity contribution in [3.8, 4) is 5.75 Å². The summed E-state index contributed by atoms with van der Waals surface area (Å²) < 4.78 is 36.4. The van der Waals surface area contributed by atoms with Crippen LogP contribution in [-0.2, 0) is 27.8 Å². The summed E-state index contributed by atoms with van der Waals surface area (Å²) in [5.41, 5.74) is 6.20. The van der Waals surface area contributed by atoms with Gasteiger partial charge in [-0.05, 0) is 38.0 Å². The van der Waals surface area contributed by atoms with E-state index in [2.05, 4.69) is 10.4 Å². The van der Waals surface area contributed by atoms with Gasteiger partial charge < -0.3 is 15.8 Å². The van der Waals surface area contributed by atoms with E-state index in [-0.39, 0.29) is 34.2 Å². The quantitative estimate of drug-likeness (QED) is 0.498. The van der Waals surface area contributed by atoms with Crippen molar-refractivity contribution in [2.24, 2.45) is 12.8 Å². The molecule has 2 rings (SSSR count). The zero-order chi connectivity index (χ0) is 23.2. The molecule has 2 amide bonds. The van der Waals surface area contributed by atoms with Crippen LogP contribution in [0.15, 0.2) is 23.1 Å². The third-order valence-corrected chi connectivity index (χ3v) is 5.67. The van der Waals surface area contributed by atoms with Crippen molar-refractivity contribution in [1.82, 2.24) is 9.78 Å². The lowest BCUT2D eigenvalue weighted by atomic mass is 10.1. The van der Waals surface area contributed by atoms with Crippen LogP contribution in [-0.4, -0.2) is 43.2 Å². The molecule has 1 aromatic carbocycles. The van der Waals surface area contributed by atoms with Crippen molar-refractivity contribution in [2.45, 2.75) is 44.9 Å². The molecule has 170 valence electrons. The molecule has 1 aromatic heterocycles. The Labute approximate surface area is 181 Å². The van der Waals surface area contributed by atoms with Crippen LogP contribution in [0, 0.1) is 0 Å². The second-order valence-corrected chi connectivity index (χ2v) is 8.34. The molecule has 0 aliphatic rings. The van der Waals surface area contributed by atoms with Crippen molar-refractivity contribution in [1.29, 1.82) is 0 Å². The fraction of sp³-hybridized carbons (Fsp3) is 0.450. The first-order valence-electron chi connectivity index (χ1n) is 9.99. The molecular formula is C20H28N4O6S. The predicted molar refractivity (Wildman–Crippen MR) is 115 cm³/mol. The van der Waals surface area contributed by atoms with Gasteiger partial charge in [0.05, 0.1) is 35.1 Å². The molecule has 0 radical (unpaired) electrons. The minimum absolute atomic E-state index is 0.0176. The number of carbonyl (C=O) groups excluding carboxylic acids is 2. The molecular weight excluding hydrogens is 424 g/mol. The van der Waals surface area contributed by atoms with Crippen LogP contribution in [0.5, 0.6) is 5.75 Å². The van der Waals surface area contributed by atoms with Crippen LogP contribution in [0.25, 0.3) is 0 Å². The second-order valence-electron chi connectivity index (χ2n) is 6.73. The number of hydrogen-bond donors (Lipinski definition) is 2. The smallest absolute Gasteiger partial charge is 0.296 e. The number of nitrogens with one attached hydrogen (secondary N) is 1. The van der Waals surface area contributed by atoms with Crippen LogP contribution in [0.1, 0.15) is 60.2 Å². The number of ether oxygens (including phenoxy) is 1. The Morgan fingerprint density at radius 3 is 2.48 bits per heavy atom. The highest BCUT2D eigenvalue weighted by molar-refractivity contribution is 7.86. The number of aryl methyl sites for hydroxylation is 2. The first kappa shape index (κ1) is 24.4. The summed E-state index contributed by atoms with van der Waals surface area (Å²) in [4.78, 5) is 24.9. The number of nitrogens with zero attached hydrogens (tertiary/aromatic N) is 2. The third kappa shape index (κ3) is 5.61. The van der Waals surface area contributed by atoms with Crippen molar-refractivity contribution in [2.75, 3.05) is 18.5 Å². The van der Waals surface area contributed by atoms with Gasteiger partial charge in [-0.25, -0.2) is 0 Å². The summed E-state index contributed by atoms with van der Waals surface area (Å²) in [5.74, 6) is -1.20. The molecule has 0 fully saturated rings. The molecule has 0 saturated carbocycles. The van der Waals surface area contributed by atoms with Crippen molar-refractivity contribution in [3.63, 3.8) is 0 Å². The Bertz CT molecular complexity index is 1060. The minimum Gasteiger partial charge on any atom is -0.493 e. The molecule has 31 heavy (non-hydrogen) atoms. The molecule has 3 N–H and O–H groups in total. The number of nitrogens with two attached hydrogens (primary N) is 1. The summed E-state index contributed by atoms with van der Waals surface area (Å²) in [6.07, 6.45) is 1.93. The van der Waals surface area contributed by atoms with Crippen molar-refractivity contribution in [3.05, 3.63) is 35.2 Å². The van der Waals surface area contributed by atoms with E-state index in [1.165, 1.54) is 22.9 Å². The highest BCUT2D eigenvalue weighted by Gasteiger charge is 2.25. The number of aromatic nitrogens is 2.